The molecule has 15 heteroatoms. The summed E-state index contributed by atoms with van der Waals surface area (Å²) in [6.45, 7) is 18.3. The van der Waals surface area contributed by atoms with Crippen LogP contribution >= 0.6 is 11.6 Å². The summed E-state index contributed by atoms with van der Waals surface area (Å²) in [6, 6.07) is 13.7. The monoisotopic (exact) mass is 940 g/mol. The average molecular weight is 942 g/mol. The van der Waals surface area contributed by atoms with Gasteiger partial charge in [0.15, 0.2) is 28.2 Å². The molecule has 1 aromatic carbocycles. The highest BCUT2D eigenvalue weighted by Gasteiger charge is 2.63. The van der Waals surface area contributed by atoms with Crippen LogP contribution in [0.2, 0.25) is 36.3 Å². The summed E-state index contributed by atoms with van der Waals surface area (Å²) in [4.78, 5) is 24.0. The van der Waals surface area contributed by atoms with Gasteiger partial charge in [0.1, 0.15) is 30.3 Å². The predicted molar refractivity (Wildman–Crippen MR) is 249 cm³/mol. The summed E-state index contributed by atoms with van der Waals surface area (Å²) in [6.07, 6.45) is 2.69. The Labute approximate surface area is 386 Å². The molecule has 63 heavy (non-hydrogen) atoms. The van der Waals surface area contributed by atoms with E-state index in [1.54, 1.807) is 21.3 Å². The van der Waals surface area contributed by atoms with Gasteiger partial charge >= 0.3 is 5.97 Å². The highest BCUT2D eigenvalue weighted by Crippen LogP contribution is 2.54. The standard InChI is InChI=1S/C48H81ClO12Si2/c1-12-62(13-2,14-3)59-44(46(60-63(15-4,16-5)17-6)45(38(53-10)19-18-28-50)55-32-35-21-23-36(52-9)24-22-35)33(7)20-25-37-43(49)41(54-11)30-47(57-37)27-26-34(8)48(61-47)31-40-39(58-48)29-42(51)56-40/h21-24,28,33-34,37-41,43-46H,12-20,25-27,29-32H2,1-11H3/t33-,34-,37+,38-,39-,40-,41+,43+,44-,45-,46-,47+,48+/m0/s1. The number of halogens is 1. The van der Waals surface area contributed by atoms with Crippen molar-refractivity contribution in [1.29, 1.82) is 0 Å². The third-order valence-electron chi connectivity index (χ3n) is 15.5. The Morgan fingerprint density at radius 3 is 2.05 bits per heavy atom. The molecule has 4 aliphatic heterocycles. The molecule has 0 aromatic heterocycles. The smallest absolute Gasteiger partial charge is 0.308 e. The number of methoxy groups -OCH3 is 3. The van der Waals surface area contributed by atoms with Crippen LogP contribution in [0.25, 0.3) is 0 Å². The van der Waals surface area contributed by atoms with Crippen molar-refractivity contribution in [1.82, 2.24) is 0 Å². The Morgan fingerprint density at radius 2 is 1.49 bits per heavy atom. The summed E-state index contributed by atoms with van der Waals surface area (Å²) in [7, 11) is 0.496. The first-order valence-corrected chi connectivity index (χ1v) is 29.7. The Kier molecular flexibility index (Phi) is 19.6. The number of hydrogen-bond donors (Lipinski definition) is 0. The number of benzene rings is 1. The lowest BCUT2D eigenvalue weighted by Gasteiger charge is -2.54. The van der Waals surface area contributed by atoms with Crippen molar-refractivity contribution in [2.45, 2.75) is 222 Å². The minimum atomic E-state index is -2.31. The lowest BCUT2D eigenvalue weighted by Crippen LogP contribution is -2.61. The normalized spacial score (nSPS) is 31.1. The minimum Gasteiger partial charge on any atom is -0.497 e. The number of rotatable bonds is 26. The van der Waals surface area contributed by atoms with E-state index in [1.165, 1.54) is 0 Å². The lowest BCUT2D eigenvalue weighted by molar-refractivity contribution is -0.413. The first-order chi connectivity index (χ1) is 30.2. The molecule has 4 fully saturated rings. The summed E-state index contributed by atoms with van der Waals surface area (Å²) < 4.78 is 66.8. The minimum absolute atomic E-state index is 0.0170. The quantitative estimate of drug-likeness (QED) is 0.0380. The van der Waals surface area contributed by atoms with Gasteiger partial charge in [-0.05, 0) is 85.6 Å². The lowest BCUT2D eigenvalue weighted by atomic mass is 9.82. The van der Waals surface area contributed by atoms with Gasteiger partial charge in [-0.2, -0.15) is 0 Å². The molecule has 0 N–H and O–H groups in total. The number of carbonyl (C=O) groups excluding carboxylic acids is 2. The number of aldehydes is 1. The van der Waals surface area contributed by atoms with Crippen molar-refractivity contribution >= 4 is 40.5 Å². The third-order valence-corrected chi connectivity index (χ3v) is 25.3. The molecule has 4 heterocycles. The van der Waals surface area contributed by atoms with Gasteiger partial charge in [0.2, 0.25) is 0 Å². The molecular weight excluding hydrogens is 860 g/mol. The second-order valence-corrected chi connectivity index (χ2v) is 28.7. The van der Waals surface area contributed by atoms with Gasteiger partial charge in [-0.3, -0.25) is 4.79 Å². The molecule has 1 aromatic rings. The fourth-order valence-electron chi connectivity index (χ4n) is 10.6. The third kappa shape index (κ3) is 12.2. The molecule has 0 aliphatic carbocycles. The predicted octanol–water partition coefficient (Wildman–Crippen LogP) is 10.1. The van der Waals surface area contributed by atoms with Crippen LogP contribution in [0.5, 0.6) is 5.75 Å². The summed E-state index contributed by atoms with van der Waals surface area (Å²) >= 11 is 7.34. The van der Waals surface area contributed by atoms with E-state index >= 15 is 0 Å². The van der Waals surface area contributed by atoms with Crippen molar-refractivity contribution in [2.24, 2.45) is 11.8 Å². The van der Waals surface area contributed by atoms with Gasteiger partial charge in [-0.25, -0.2) is 0 Å². The maximum atomic E-state index is 12.1. The first kappa shape index (κ1) is 52.5. The number of hydrogen-bond acceptors (Lipinski definition) is 12. The van der Waals surface area contributed by atoms with E-state index in [4.69, 9.17) is 58.3 Å². The van der Waals surface area contributed by atoms with Crippen LogP contribution in [0.1, 0.15) is 119 Å². The van der Waals surface area contributed by atoms with Crippen molar-refractivity contribution in [3.8, 4) is 5.75 Å². The number of esters is 1. The Balaban J connectivity index is 1.50. The van der Waals surface area contributed by atoms with Crippen molar-refractivity contribution < 1.29 is 56.3 Å². The SMILES string of the molecule is CC[Si](CC)(CC)O[C@H]([C@@H](OCc1ccc(OC)cc1)[C@H](CCC=O)OC)[C@@H](O[Si](CC)(CC)CC)[C@@H](C)CC[C@H]1O[C@@]2(CC[C@H](C)[C@@]3(C[C@@H]4OC(=O)C[C@@H]4O3)O2)C[C@@H](OC)[C@@H]1Cl. The van der Waals surface area contributed by atoms with Crippen LogP contribution in [0.15, 0.2) is 24.3 Å². The average Bonchev–Trinajstić information content (AvgIpc) is 3.82. The zero-order valence-corrected chi connectivity index (χ0v) is 43.1. The molecular formula is C48H81ClO12Si2. The van der Waals surface area contributed by atoms with Crippen LogP contribution in [0, 0.1) is 11.8 Å². The second-order valence-electron chi connectivity index (χ2n) is 18.8. The van der Waals surface area contributed by atoms with Crippen molar-refractivity contribution in [2.75, 3.05) is 21.3 Å². The maximum Gasteiger partial charge on any atom is 0.308 e. The molecule has 12 nitrogen and oxygen atoms in total. The number of ether oxygens (including phenoxy) is 8. The number of alkyl halides is 1. The Hall–Kier alpha value is -1.44. The van der Waals surface area contributed by atoms with Gasteiger partial charge in [-0.1, -0.05) is 67.5 Å². The van der Waals surface area contributed by atoms with E-state index in [9.17, 15) is 9.59 Å². The number of fused-ring (bicyclic) bond motifs is 1. The summed E-state index contributed by atoms with van der Waals surface area (Å²) in [5.74, 6) is -1.26. The van der Waals surface area contributed by atoms with Crippen LogP contribution < -0.4 is 4.74 Å². The van der Waals surface area contributed by atoms with E-state index in [-0.39, 0.29) is 54.7 Å². The zero-order chi connectivity index (χ0) is 46.0. The first-order valence-electron chi connectivity index (χ1n) is 24.2. The molecule has 0 amide bonds. The molecule has 13 atom stereocenters. The van der Waals surface area contributed by atoms with E-state index in [2.05, 4.69) is 55.4 Å². The Morgan fingerprint density at radius 1 is 0.857 bits per heavy atom. The summed E-state index contributed by atoms with van der Waals surface area (Å²) in [5.41, 5.74) is 0.997. The maximum absolute atomic E-state index is 12.1. The largest absolute Gasteiger partial charge is 0.497 e. The zero-order valence-electron chi connectivity index (χ0n) is 40.3. The van der Waals surface area contributed by atoms with Crippen LogP contribution in [-0.2, 0) is 58.2 Å². The fraction of sp³-hybridized carbons (Fsp3) is 0.833. The van der Waals surface area contributed by atoms with E-state index < -0.39 is 51.9 Å². The molecule has 0 unspecified atom stereocenters. The molecule has 0 radical (unpaired) electrons. The number of carbonyl (C=O) groups is 2. The van der Waals surface area contributed by atoms with E-state index in [0.717, 1.165) is 66.7 Å². The second kappa shape index (κ2) is 23.5. The molecule has 360 valence electrons. The molecule has 4 saturated heterocycles. The molecule has 0 bridgehead atoms. The van der Waals surface area contributed by atoms with Gasteiger partial charge in [0.05, 0.1) is 56.0 Å². The molecule has 4 aliphatic rings. The highest BCUT2D eigenvalue weighted by atomic mass is 35.5. The van der Waals surface area contributed by atoms with Gasteiger partial charge < -0.3 is 51.5 Å². The van der Waals surface area contributed by atoms with Crippen molar-refractivity contribution in [3.05, 3.63) is 29.8 Å². The van der Waals surface area contributed by atoms with Crippen LogP contribution in [-0.4, -0.2) is 116 Å². The van der Waals surface area contributed by atoms with E-state index in [0.29, 0.717) is 45.1 Å². The molecule has 0 saturated carbocycles. The van der Waals surface area contributed by atoms with Crippen molar-refractivity contribution in [3.63, 3.8) is 0 Å². The van der Waals surface area contributed by atoms with Gasteiger partial charge in [0, 0.05) is 45.8 Å². The fourth-order valence-corrected chi connectivity index (χ4v) is 16.8. The van der Waals surface area contributed by atoms with Gasteiger partial charge in [0.25, 0.3) is 0 Å². The molecule has 5 rings (SSSR count). The topological polar surface area (TPSA) is 126 Å². The highest BCUT2D eigenvalue weighted by molar-refractivity contribution is 6.74. The van der Waals surface area contributed by atoms with Crippen LogP contribution in [0.4, 0.5) is 0 Å². The molecule has 2 spiro atoms. The van der Waals surface area contributed by atoms with E-state index in [1.807, 2.05) is 24.3 Å². The summed E-state index contributed by atoms with van der Waals surface area (Å²) in [5, 5.41) is -0.416. The van der Waals surface area contributed by atoms with Crippen LogP contribution in [0.3, 0.4) is 0 Å². The van der Waals surface area contributed by atoms with Gasteiger partial charge in [-0.15, -0.1) is 11.6 Å². The Bertz CT molecular complexity index is 1530.